The molecule has 122 valence electrons. The van der Waals surface area contributed by atoms with Crippen LogP contribution < -0.4 is 11.1 Å². The fourth-order valence-electron chi connectivity index (χ4n) is 2.15. The number of nitrogens with two attached hydrogens (primary N) is 1. The number of benzene rings is 2. The molecule has 6 heteroatoms. The summed E-state index contributed by atoms with van der Waals surface area (Å²) < 4.78 is 0.863. The Hall–Kier alpha value is -1.17. The smallest absolute Gasteiger partial charge is 0.253 e. The van der Waals surface area contributed by atoms with E-state index in [-0.39, 0.29) is 5.91 Å². The van der Waals surface area contributed by atoms with Crippen molar-refractivity contribution in [3.63, 3.8) is 0 Å². The van der Waals surface area contributed by atoms with Crippen molar-refractivity contribution in [1.29, 1.82) is 0 Å². The number of aryl methyl sites for hydroxylation is 1. The number of nitrogen functional groups attached to an aromatic ring is 1. The summed E-state index contributed by atoms with van der Waals surface area (Å²) in [7, 11) is 0. The maximum absolute atomic E-state index is 12.4. The maximum Gasteiger partial charge on any atom is 0.253 e. The minimum atomic E-state index is -0.198. The first kappa shape index (κ1) is 18.2. The largest absolute Gasteiger partial charge is 0.398 e. The van der Waals surface area contributed by atoms with Crippen molar-refractivity contribution < 1.29 is 4.79 Å². The van der Waals surface area contributed by atoms with Gasteiger partial charge in [0.05, 0.1) is 5.56 Å². The van der Waals surface area contributed by atoms with Crippen LogP contribution in [0.25, 0.3) is 0 Å². The van der Waals surface area contributed by atoms with Gasteiger partial charge in [0, 0.05) is 26.6 Å². The summed E-state index contributed by atoms with van der Waals surface area (Å²) in [4.78, 5) is 13.5. The molecule has 3 nitrogen and oxygen atoms in total. The molecule has 0 aliphatic carbocycles. The van der Waals surface area contributed by atoms with E-state index < -0.39 is 0 Å². The molecule has 0 aliphatic heterocycles. The van der Waals surface area contributed by atoms with E-state index in [0.29, 0.717) is 22.8 Å². The van der Waals surface area contributed by atoms with E-state index in [2.05, 4.69) is 28.2 Å². The number of amides is 1. The normalized spacial score (nSPS) is 10.6. The number of anilines is 1. The second kappa shape index (κ2) is 8.08. The highest BCUT2D eigenvalue weighted by Crippen LogP contribution is 2.26. The Kier molecular flexibility index (Phi) is 6.39. The molecule has 0 radical (unpaired) electrons. The molecule has 2 aromatic rings. The lowest BCUT2D eigenvalue weighted by molar-refractivity contribution is 0.0951. The monoisotopic (exact) mass is 412 g/mol. The van der Waals surface area contributed by atoms with Crippen LogP contribution in [0.4, 0.5) is 5.69 Å². The maximum atomic E-state index is 12.4. The Balaban J connectivity index is 2.16. The van der Waals surface area contributed by atoms with Gasteiger partial charge in [-0.15, -0.1) is 11.8 Å². The highest BCUT2D eigenvalue weighted by atomic mass is 79.9. The van der Waals surface area contributed by atoms with Gasteiger partial charge in [-0.3, -0.25) is 4.79 Å². The van der Waals surface area contributed by atoms with Gasteiger partial charge in [0.2, 0.25) is 0 Å². The molecule has 2 aromatic carbocycles. The van der Waals surface area contributed by atoms with Gasteiger partial charge in [0.25, 0.3) is 5.91 Å². The lowest BCUT2D eigenvalue weighted by atomic mass is 10.1. The molecule has 0 unspecified atom stereocenters. The Morgan fingerprint density at radius 3 is 2.78 bits per heavy atom. The van der Waals surface area contributed by atoms with Gasteiger partial charge in [-0.25, -0.2) is 0 Å². The van der Waals surface area contributed by atoms with Gasteiger partial charge in [0.15, 0.2) is 0 Å². The third-order valence-electron chi connectivity index (χ3n) is 3.34. The molecular formula is C17H18BrClN2OS. The van der Waals surface area contributed by atoms with Gasteiger partial charge in [-0.1, -0.05) is 34.5 Å². The zero-order chi connectivity index (χ0) is 17.0. The Bertz CT molecular complexity index is 737. The molecule has 0 saturated carbocycles. The van der Waals surface area contributed by atoms with E-state index >= 15 is 0 Å². The van der Waals surface area contributed by atoms with Gasteiger partial charge in [0.1, 0.15) is 0 Å². The van der Waals surface area contributed by atoms with Crippen molar-refractivity contribution in [3.8, 4) is 0 Å². The summed E-state index contributed by atoms with van der Waals surface area (Å²) in [5.41, 5.74) is 8.89. The molecule has 0 fully saturated rings. The van der Waals surface area contributed by atoms with Gasteiger partial charge in [-0.05, 0) is 54.1 Å². The number of halogens is 2. The molecule has 23 heavy (non-hydrogen) atoms. The van der Waals surface area contributed by atoms with Crippen LogP contribution in [-0.4, -0.2) is 11.7 Å². The molecule has 0 aliphatic rings. The standard InChI is InChI=1S/C17H18BrClN2OS/c1-3-23-16-5-4-12(19)7-11(16)9-21-17(22)13-8-14(18)10(2)6-15(13)20/h4-8H,3,9,20H2,1-2H3,(H,21,22). The number of hydrogen-bond acceptors (Lipinski definition) is 3. The molecule has 0 atom stereocenters. The number of carbonyl (C=O) groups excluding carboxylic acids is 1. The predicted octanol–water partition coefficient (Wildman–Crippen LogP) is 5.04. The molecule has 0 saturated heterocycles. The first-order valence-electron chi connectivity index (χ1n) is 7.17. The quantitative estimate of drug-likeness (QED) is 0.533. The van der Waals surface area contributed by atoms with E-state index in [9.17, 15) is 4.79 Å². The third kappa shape index (κ3) is 4.66. The van der Waals surface area contributed by atoms with E-state index in [1.54, 1.807) is 23.9 Å². The number of thioether (sulfide) groups is 1. The lowest BCUT2D eigenvalue weighted by Crippen LogP contribution is -2.24. The Labute approximate surface area is 154 Å². The average Bonchev–Trinajstić information content (AvgIpc) is 2.51. The predicted molar refractivity (Wildman–Crippen MR) is 102 cm³/mol. The second-order valence-electron chi connectivity index (χ2n) is 5.06. The molecule has 2 rings (SSSR count). The highest BCUT2D eigenvalue weighted by molar-refractivity contribution is 9.10. The van der Waals surface area contributed by atoms with Crippen molar-refractivity contribution in [2.75, 3.05) is 11.5 Å². The minimum Gasteiger partial charge on any atom is -0.398 e. The molecule has 0 aromatic heterocycles. The van der Waals surface area contributed by atoms with Gasteiger partial charge < -0.3 is 11.1 Å². The van der Waals surface area contributed by atoms with Crippen LogP contribution in [0.5, 0.6) is 0 Å². The first-order chi connectivity index (χ1) is 10.9. The van der Waals surface area contributed by atoms with Crippen LogP contribution in [0.3, 0.4) is 0 Å². The van der Waals surface area contributed by atoms with E-state index in [1.165, 1.54) is 0 Å². The first-order valence-corrected chi connectivity index (χ1v) is 9.33. The summed E-state index contributed by atoms with van der Waals surface area (Å²) in [6, 6.07) is 9.26. The Morgan fingerprint density at radius 1 is 1.35 bits per heavy atom. The minimum absolute atomic E-state index is 0.198. The fourth-order valence-corrected chi connectivity index (χ4v) is 3.48. The van der Waals surface area contributed by atoms with Gasteiger partial charge >= 0.3 is 0 Å². The summed E-state index contributed by atoms with van der Waals surface area (Å²) in [6.07, 6.45) is 0. The van der Waals surface area contributed by atoms with Crippen LogP contribution in [-0.2, 0) is 6.54 Å². The lowest BCUT2D eigenvalue weighted by Gasteiger charge is -2.12. The molecule has 3 N–H and O–H groups in total. The van der Waals surface area contributed by atoms with Crippen LogP contribution in [0.2, 0.25) is 5.02 Å². The number of hydrogen-bond donors (Lipinski definition) is 2. The van der Waals surface area contributed by atoms with Crippen molar-refractivity contribution in [2.45, 2.75) is 25.3 Å². The highest BCUT2D eigenvalue weighted by Gasteiger charge is 2.13. The molecule has 1 amide bonds. The SMILES string of the molecule is CCSc1ccc(Cl)cc1CNC(=O)c1cc(Br)c(C)cc1N. The molecule has 0 heterocycles. The van der Waals surface area contributed by atoms with Crippen LogP contribution in [0, 0.1) is 6.92 Å². The zero-order valence-electron chi connectivity index (χ0n) is 13.0. The topological polar surface area (TPSA) is 55.1 Å². The van der Waals surface area contributed by atoms with Gasteiger partial charge in [-0.2, -0.15) is 0 Å². The molecule has 0 spiro atoms. The van der Waals surface area contributed by atoms with Crippen molar-refractivity contribution in [1.82, 2.24) is 5.32 Å². The van der Waals surface area contributed by atoms with E-state index in [0.717, 1.165) is 26.2 Å². The summed E-state index contributed by atoms with van der Waals surface area (Å²) in [5, 5.41) is 3.58. The summed E-state index contributed by atoms with van der Waals surface area (Å²) >= 11 is 11.2. The number of nitrogens with one attached hydrogen (secondary N) is 1. The van der Waals surface area contributed by atoms with E-state index in [4.69, 9.17) is 17.3 Å². The van der Waals surface area contributed by atoms with Crippen LogP contribution >= 0.6 is 39.3 Å². The summed E-state index contributed by atoms with van der Waals surface area (Å²) in [6.45, 7) is 4.43. The number of carbonyl (C=O) groups is 1. The van der Waals surface area contributed by atoms with Crippen LogP contribution in [0.15, 0.2) is 39.7 Å². The summed E-state index contributed by atoms with van der Waals surface area (Å²) in [5.74, 6) is 0.760. The second-order valence-corrected chi connectivity index (χ2v) is 7.65. The third-order valence-corrected chi connectivity index (χ3v) is 5.42. The van der Waals surface area contributed by atoms with Crippen LogP contribution in [0.1, 0.15) is 28.4 Å². The molecular weight excluding hydrogens is 396 g/mol. The zero-order valence-corrected chi connectivity index (χ0v) is 16.1. The Morgan fingerprint density at radius 2 is 2.09 bits per heavy atom. The van der Waals surface area contributed by atoms with Crippen molar-refractivity contribution in [2.24, 2.45) is 0 Å². The fraction of sp³-hybridized carbons (Fsp3) is 0.235. The average molecular weight is 414 g/mol. The number of rotatable bonds is 5. The molecule has 0 bridgehead atoms. The van der Waals surface area contributed by atoms with Crippen molar-refractivity contribution in [3.05, 3.63) is 56.5 Å². The van der Waals surface area contributed by atoms with E-state index in [1.807, 2.05) is 25.1 Å². The van der Waals surface area contributed by atoms with Crippen molar-refractivity contribution >= 4 is 50.9 Å².